The van der Waals surface area contributed by atoms with Crippen LogP contribution < -0.4 is 5.73 Å². The molecule has 2 fully saturated rings. The van der Waals surface area contributed by atoms with Crippen LogP contribution in [0.25, 0.3) is 0 Å². The predicted octanol–water partition coefficient (Wildman–Crippen LogP) is 1.18. The Kier molecular flexibility index (Phi) is 3.92. The van der Waals surface area contributed by atoms with Crippen molar-refractivity contribution >= 4 is 23.1 Å². The summed E-state index contributed by atoms with van der Waals surface area (Å²) in [5, 5.41) is 0. The lowest BCUT2D eigenvalue weighted by molar-refractivity contribution is -0.141. The van der Waals surface area contributed by atoms with Gasteiger partial charge in [0, 0.05) is 26.3 Å². The largest absolute Gasteiger partial charge is 0.392 e. The molecule has 2 atom stereocenters. The van der Waals surface area contributed by atoms with Crippen LogP contribution in [0.1, 0.15) is 26.7 Å². The number of hydrogen-bond donors (Lipinski definition) is 1. The molecule has 0 aromatic carbocycles. The Morgan fingerprint density at radius 2 is 1.78 bits per heavy atom. The van der Waals surface area contributed by atoms with Crippen molar-refractivity contribution in [1.82, 2.24) is 4.90 Å². The van der Waals surface area contributed by atoms with Gasteiger partial charge in [-0.25, -0.2) is 0 Å². The maximum Gasteiger partial charge on any atom is 0.235 e. The van der Waals surface area contributed by atoms with E-state index in [-0.39, 0.29) is 5.91 Å². The van der Waals surface area contributed by atoms with Crippen LogP contribution in [-0.4, -0.2) is 42.1 Å². The molecule has 4 nitrogen and oxygen atoms in total. The summed E-state index contributed by atoms with van der Waals surface area (Å²) in [5.41, 5.74) is 5.21. The Labute approximate surface area is 114 Å². The van der Waals surface area contributed by atoms with Crippen molar-refractivity contribution in [3.8, 4) is 0 Å². The highest BCUT2D eigenvalue weighted by molar-refractivity contribution is 7.80. The molecular formula is C13H22N2O2S. The third-order valence-electron chi connectivity index (χ3n) is 4.50. The van der Waals surface area contributed by atoms with Crippen LogP contribution in [0.4, 0.5) is 0 Å². The molecule has 0 bridgehead atoms. The molecule has 2 N–H and O–H groups in total. The van der Waals surface area contributed by atoms with E-state index in [0.29, 0.717) is 42.9 Å². The highest BCUT2D eigenvalue weighted by atomic mass is 32.1. The smallest absolute Gasteiger partial charge is 0.235 e. The summed E-state index contributed by atoms with van der Waals surface area (Å²) in [6.07, 6.45) is 1.25. The van der Waals surface area contributed by atoms with Crippen molar-refractivity contribution in [2.45, 2.75) is 26.7 Å². The van der Waals surface area contributed by atoms with Crippen molar-refractivity contribution in [1.29, 1.82) is 0 Å². The molecule has 2 unspecified atom stereocenters. The molecule has 18 heavy (non-hydrogen) atoms. The van der Waals surface area contributed by atoms with E-state index in [1.54, 1.807) is 0 Å². The SMILES string of the molecule is CC1CN(C(=O)C2(C(N)=S)CCOCC2)CC1C. The molecule has 2 aliphatic heterocycles. The lowest BCUT2D eigenvalue weighted by atomic mass is 9.78. The van der Waals surface area contributed by atoms with Crippen LogP contribution in [0, 0.1) is 17.3 Å². The number of carbonyl (C=O) groups is 1. The van der Waals surface area contributed by atoms with Gasteiger partial charge in [0.15, 0.2) is 0 Å². The maximum absolute atomic E-state index is 12.8. The molecule has 2 aliphatic rings. The van der Waals surface area contributed by atoms with Crippen LogP contribution in [0.15, 0.2) is 0 Å². The second-order valence-electron chi connectivity index (χ2n) is 5.72. The third-order valence-corrected chi connectivity index (χ3v) is 4.89. The zero-order valence-electron chi connectivity index (χ0n) is 11.1. The number of likely N-dealkylation sites (tertiary alicyclic amines) is 1. The van der Waals surface area contributed by atoms with Crippen molar-refractivity contribution in [3.63, 3.8) is 0 Å². The van der Waals surface area contributed by atoms with Gasteiger partial charge >= 0.3 is 0 Å². The zero-order valence-corrected chi connectivity index (χ0v) is 12.0. The predicted molar refractivity (Wildman–Crippen MR) is 74.2 cm³/mol. The van der Waals surface area contributed by atoms with Gasteiger partial charge in [-0.05, 0) is 24.7 Å². The van der Waals surface area contributed by atoms with Crippen LogP contribution >= 0.6 is 12.2 Å². The van der Waals surface area contributed by atoms with Crippen LogP contribution in [-0.2, 0) is 9.53 Å². The standard InChI is InChI=1S/C13H22N2O2S/c1-9-7-15(8-10(9)2)12(16)13(11(14)18)3-5-17-6-4-13/h9-10H,3-8H2,1-2H3,(H2,14,18). The summed E-state index contributed by atoms with van der Waals surface area (Å²) in [6.45, 7) is 7.17. The van der Waals surface area contributed by atoms with Crippen molar-refractivity contribution in [2.24, 2.45) is 23.0 Å². The summed E-state index contributed by atoms with van der Waals surface area (Å²) in [6, 6.07) is 0. The van der Waals surface area contributed by atoms with Crippen molar-refractivity contribution in [2.75, 3.05) is 26.3 Å². The molecular weight excluding hydrogens is 248 g/mol. The number of hydrogen-bond acceptors (Lipinski definition) is 3. The van der Waals surface area contributed by atoms with Crippen LogP contribution in [0.3, 0.4) is 0 Å². The molecule has 0 aromatic heterocycles. The first-order valence-corrected chi connectivity index (χ1v) is 7.05. The molecule has 2 rings (SSSR count). The molecule has 0 spiro atoms. The number of thiocarbonyl (C=S) groups is 1. The van der Waals surface area contributed by atoms with E-state index in [1.807, 2.05) is 4.90 Å². The molecule has 0 radical (unpaired) electrons. The molecule has 0 saturated carbocycles. The summed E-state index contributed by atoms with van der Waals surface area (Å²) in [7, 11) is 0. The number of carbonyl (C=O) groups excluding carboxylic acids is 1. The zero-order chi connectivity index (χ0) is 13.3. The fourth-order valence-electron chi connectivity index (χ4n) is 2.88. The van der Waals surface area contributed by atoms with E-state index in [0.717, 1.165) is 13.1 Å². The number of amides is 1. The second kappa shape index (κ2) is 5.13. The summed E-state index contributed by atoms with van der Waals surface area (Å²) in [5.74, 6) is 1.23. The van der Waals surface area contributed by atoms with Gasteiger partial charge in [-0.15, -0.1) is 0 Å². The maximum atomic E-state index is 12.8. The minimum Gasteiger partial charge on any atom is -0.392 e. The van der Waals surface area contributed by atoms with E-state index in [4.69, 9.17) is 22.7 Å². The van der Waals surface area contributed by atoms with Gasteiger partial charge in [0.25, 0.3) is 0 Å². The fourth-order valence-corrected chi connectivity index (χ4v) is 3.18. The Morgan fingerprint density at radius 1 is 1.28 bits per heavy atom. The second-order valence-corrected chi connectivity index (χ2v) is 6.16. The molecule has 0 aromatic rings. The van der Waals surface area contributed by atoms with E-state index < -0.39 is 5.41 Å². The lowest BCUT2D eigenvalue weighted by Crippen LogP contribution is -2.52. The van der Waals surface area contributed by atoms with E-state index >= 15 is 0 Å². The highest BCUT2D eigenvalue weighted by Gasteiger charge is 2.47. The average Bonchev–Trinajstić information content (AvgIpc) is 2.69. The Morgan fingerprint density at radius 3 is 2.22 bits per heavy atom. The minimum absolute atomic E-state index is 0.120. The molecule has 2 saturated heterocycles. The molecule has 1 amide bonds. The molecule has 2 heterocycles. The van der Waals surface area contributed by atoms with Crippen LogP contribution in [0.2, 0.25) is 0 Å². The quantitative estimate of drug-likeness (QED) is 0.766. The summed E-state index contributed by atoms with van der Waals surface area (Å²) in [4.78, 5) is 15.0. The summed E-state index contributed by atoms with van der Waals surface area (Å²) < 4.78 is 5.34. The number of ether oxygens (including phenoxy) is 1. The molecule has 102 valence electrons. The Balaban J connectivity index is 2.16. The first-order valence-electron chi connectivity index (χ1n) is 6.64. The topological polar surface area (TPSA) is 55.6 Å². The highest BCUT2D eigenvalue weighted by Crippen LogP contribution is 2.35. The Hall–Kier alpha value is -0.680. The Bertz CT molecular complexity index is 343. The van der Waals surface area contributed by atoms with Crippen molar-refractivity contribution < 1.29 is 9.53 Å². The van der Waals surface area contributed by atoms with Gasteiger partial charge in [-0.3, -0.25) is 4.79 Å². The first-order chi connectivity index (χ1) is 8.47. The molecule has 0 aliphatic carbocycles. The minimum atomic E-state index is -0.655. The average molecular weight is 270 g/mol. The van der Waals surface area contributed by atoms with E-state index in [9.17, 15) is 4.79 Å². The van der Waals surface area contributed by atoms with Gasteiger partial charge in [0.2, 0.25) is 5.91 Å². The number of nitrogens with two attached hydrogens (primary N) is 1. The van der Waals surface area contributed by atoms with Gasteiger partial charge in [-0.1, -0.05) is 26.1 Å². The molecule has 5 heteroatoms. The third kappa shape index (κ3) is 2.26. The summed E-state index contributed by atoms with van der Waals surface area (Å²) >= 11 is 5.17. The van der Waals surface area contributed by atoms with E-state index in [1.165, 1.54) is 0 Å². The van der Waals surface area contributed by atoms with Gasteiger partial charge in [-0.2, -0.15) is 0 Å². The van der Waals surface area contributed by atoms with Gasteiger partial charge in [0.05, 0.1) is 4.99 Å². The number of rotatable bonds is 2. The monoisotopic (exact) mass is 270 g/mol. The fraction of sp³-hybridized carbons (Fsp3) is 0.846. The van der Waals surface area contributed by atoms with E-state index in [2.05, 4.69) is 13.8 Å². The first kappa shape index (κ1) is 13.7. The van der Waals surface area contributed by atoms with Crippen LogP contribution in [0.5, 0.6) is 0 Å². The van der Waals surface area contributed by atoms with Gasteiger partial charge in [0.1, 0.15) is 5.41 Å². The number of nitrogens with zero attached hydrogens (tertiary/aromatic N) is 1. The normalized spacial score (nSPS) is 31.3. The van der Waals surface area contributed by atoms with Crippen molar-refractivity contribution in [3.05, 3.63) is 0 Å². The van der Waals surface area contributed by atoms with Gasteiger partial charge < -0.3 is 15.4 Å². The lowest BCUT2D eigenvalue weighted by Gasteiger charge is -2.37.